The summed E-state index contributed by atoms with van der Waals surface area (Å²) in [5, 5.41) is 0. The fraction of sp³-hybridized carbons (Fsp3) is 0.211. The molecule has 0 unspecified atom stereocenters. The zero-order chi connectivity index (χ0) is 19.8. The van der Waals surface area contributed by atoms with Crippen molar-refractivity contribution in [3.8, 4) is 16.9 Å². The van der Waals surface area contributed by atoms with E-state index in [1.165, 1.54) is 24.3 Å². The Morgan fingerprint density at radius 2 is 1.93 bits per heavy atom. The summed E-state index contributed by atoms with van der Waals surface area (Å²) >= 11 is 0. The monoisotopic (exact) mass is 377 g/mol. The molecule has 1 heterocycles. The first-order chi connectivity index (χ1) is 12.7. The number of fused-ring (bicyclic) bond motifs is 1. The topological polar surface area (TPSA) is 62.3 Å². The lowest BCUT2D eigenvalue weighted by Crippen LogP contribution is -2.16. The molecule has 2 aromatic carbocycles. The number of nitrogens with zero attached hydrogens (tertiary/aromatic N) is 2. The number of ether oxygens (including phenoxy) is 2. The van der Waals surface area contributed by atoms with Crippen molar-refractivity contribution < 1.29 is 22.6 Å². The maximum atomic E-state index is 12.3. The number of aryl methyl sites for hydroxylation is 1. The Labute approximate surface area is 153 Å². The van der Waals surface area contributed by atoms with Gasteiger partial charge in [0.2, 0.25) is 0 Å². The molecule has 27 heavy (non-hydrogen) atoms. The van der Waals surface area contributed by atoms with E-state index >= 15 is 0 Å². The fourth-order valence-electron chi connectivity index (χ4n) is 2.95. The summed E-state index contributed by atoms with van der Waals surface area (Å²) in [6, 6.07) is 7.28. The molecule has 0 aliphatic heterocycles. The van der Waals surface area contributed by atoms with Crippen molar-refractivity contribution >= 4 is 22.5 Å². The van der Waals surface area contributed by atoms with Crippen molar-refractivity contribution in [1.29, 1.82) is 0 Å². The number of nitrogen functional groups attached to an aromatic ring is 1. The van der Waals surface area contributed by atoms with Gasteiger partial charge in [-0.05, 0) is 30.7 Å². The highest BCUT2D eigenvalue weighted by Gasteiger charge is 2.31. The highest BCUT2D eigenvalue weighted by Crippen LogP contribution is 2.37. The van der Waals surface area contributed by atoms with E-state index in [2.05, 4.69) is 16.3 Å². The molecule has 0 spiro atoms. The zero-order valence-electron chi connectivity index (χ0n) is 14.8. The largest absolute Gasteiger partial charge is 0.573 e. The van der Waals surface area contributed by atoms with E-state index in [1.54, 1.807) is 17.0 Å². The molecule has 0 radical (unpaired) electrons. The second-order valence-electron chi connectivity index (χ2n) is 5.87. The van der Waals surface area contributed by atoms with Crippen LogP contribution in [0.15, 0.2) is 43.2 Å². The number of hydrogen-bond donors (Lipinski definition) is 1. The van der Waals surface area contributed by atoms with Crippen LogP contribution in [0.5, 0.6) is 5.75 Å². The SMILES string of the molecule is C=C(OCC)c1c(N)cc(-c2ccc(OC(F)(F)F)cc2)c2ncn(C)c12. The summed E-state index contributed by atoms with van der Waals surface area (Å²) in [7, 11) is 1.82. The molecule has 0 aliphatic rings. The Balaban J connectivity index is 2.11. The molecule has 0 bridgehead atoms. The average molecular weight is 377 g/mol. The van der Waals surface area contributed by atoms with Crippen LogP contribution in [0.25, 0.3) is 27.9 Å². The number of aromatic nitrogens is 2. The molecule has 8 heteroatoms. The molecular formula is C19H18F3N3O2. The van der Waals surface area contributed by atoms with Crippen LogP contribution in [0.3, 0.4) is 0 Å². The maximum Gasteiger partial charge on any atom is 0.573 e. The quantitative estimate of drug-likeness (QED) is 0.516. The van der Waals surface area contributed by atoms with E-state index in [0.29, 0.717) is 40.3 Å². The van der Waals surface area contributed by atoms with Crippen LogP contribution >= 0.6 is 0 Å². The van der Waals surface area contributed by atoms with Crippen molar-refractivity contribution in [2.45, 2.75) is 13.3 Å². The molecule has 0 aliphatic carbocycles. The number of hydrogen-bond acceptors (Lipinski definition) is 4. The van der Waals surface area contributed by atoms with Gasteiger partial charge in [0.15, 0.2) is 0 Å². The van der Waals surface area contributed by atoms with Gasteiger partial charge in [-0.2, -0.15) is 0 Å². The summed E-state index contributed by atoms with van der Waals surface area (Å²) in [5.41, 5.74) is 10.1. The van der Waals surface area contributed by atoms with Gasteiger partial charge in [-0.1, -0.05) is 18.7 Å². The smallest absolute Gasteiger partial charge is 0.494 e. The molecular weight excluding hydrogens is 359 g/mol. The van der Waals surface area contributed by atoms with Crippen molar-refractivity contribution in [1.82, 2.24) is 9.55 Å². The molecule has 1 aromatic heterocycles. The van der Waals surface area contributed by atoms with Crippen molar-refractivity contribution in [2.75, 3.05) is 12.3 Å². The van der Waals surface area contributed by atoms with Crippen molar-refractivity contribution in [2.24, 2.45) is 7.05 Å². The van der Waals surface area contributed by atoms with Crippen LogP contribution in [0, 0.1) is 0 Å². The first kappa shape index (κ1) is 18.6. The molecule has 2 N–H and O–H groups in total. The number of imidazole rings is 1. The van der Waals surface area contributed by atoms with Gasteiger partial charge in [0.25, 0.3) is 0 Å². The third kappa shape index (κ3) is 3.69. The lowest BCUT2D eigenvalue weighted by molar-refractivity contribution is -0.274. The number of benzene rings is 2. The summed E-state index contributed by atoms with van der Waals surface area (Å²) in [6.45, 7) is 6.22. The van der Waals surface area contributed by atoms with E-state index in [0.717, 1.165) is 5.52 Å². The maximum absolute atomic E-state index is 12.3. The molecule has 142 valence electrons. The minimum atomic E-state index is -4.73. The van der Waals surface area contributed by atoms with Crippen LogP contribution in [-0.4, -0.2) is 22.5 Å². The van der Waals surface area contributed by atoms with E-state index in [-0.39, 0.29) is 5.75 Å². The van der Waals surface area contributed by atoms with Gasteiger partial charge in [0.05, 0.1) is 29.5 Å². The Morgan fingerprint density at radius 1 is 1.26 bits per heavy atom. The first-order valence-corrected chi connectivity index (χ1v) is 8.13. The molecule has 0 saturated heterocycles. The van der Waals surface area contributed by atoms with Gasteiger partial charge in [-0.3, -0.25) is 0 Å². The van der Waals surface area contributed by atoms with Gasteiger partial charge in [-0.15, -0.1) is 13.2 Å². The van der Waals surface area contributed by atoms with Crippen LogP contribution in [0.2, 0.25) is 0 Å². The fourth-order valence-corrected chi connectivity index (χ4v) is 2.95. The van der Waals surface area contributed by atoms with Crippen LogP contribution < -0.4 is 10.5 Å². The van der Waals surface area contributed by atoms with E-state index in [4.69, 9.17) is 10.5 Å². The van der Waals surface area contributed by atoms with E-state index in [1.807, 2.05) is 14.0 Å². The number of nitrogens with two attached hydrogens (primary N) is 1. The molecule has 3 rings (SSSR count). The predicted molar refractivity (Wildman–Crippen MR) is 97.9 cm³/mol. The van der Waals surface area contributed by atoms with E-state index < -0.39 is 6.36 Å². The van der Waals surface area contributed by atoms with Crippen LogP contribution in [0.1, 0.15) is 12.5 Å². The second-order valence-corrected chi connectivity index (χ2v) is 5.87. The Morgan fingerprint density at radius 3 is 2.52 bits per heavy atom. The number of anilines is 1. The summed E-state index contributed by atoms with van der Waals surface area (Å²) in [5.74, 6) is 0.141. The molecule has 0 saturated carbocycles. The highest BCUT2D eigenvalue weighted by molar-refractivity contribution is 6.02. The van der Waals surface area contributed by atoms with Crippen LogP contribution in [0.4, 0.5) is 18.9 Å². The first-order valence-electron chi connectivity index (χ1n) is 8.13. The number of rotatable bonds is 5. The summed E-state index contributed by atoms with van der Waals surface area (Å²) in [4.78, 5) is 4.42. The molecule has 0 atom stereocenters. The standard InChI is InChI=1S/C19H18F3N3O2/c1-4-26-11(2)16-15(23)9-14(17-18(16)25(3)10-24-17)12-5-7-13(8-6-12)27-19(20,21)22/h5-10H,2,4,23H2,1,3H3. The molecule has 0 fully saturated rings. The van der Waals surface area contributed by atoms with E-state index in [9.17, 15) is 13.2 Å². The predicted octanol–water partition coefficient (Wildman–Crippen LogP) is 4.73. The average Bonchev–Trinajstić information content (AvgIpc) is 2.95. The lowest BCUT2D eigenvalue weighted by atomic mass is 9.99. The molecule has 5 nitrogen and oxygen atoms in total. The third-order valence-electron chi connectivity index (χ3n) is 4.01. The molecule has 0 amide bonds. The second kappa shape index (κ2) is 6.86. The van der Waals surface area contributed by atoms with Gasteiger partial charge in [0.1, 0.15) is 11.5 Å². The number of alkyl halides is 3. The van der Waals surface area contributed by atoms with Gasteiger partial charge in [0, 0.05) is 18.3 Å². The number of halogens is 3. The normalized spacial score (nSPS) is 11.6. The Bertz CT molecular complexity index is 992. The van der Waals surface area contributed by atoms with Crippen molar-refractivity contribution in [3.63, 3.8) is 0 Å². The Kier molecular flexibility index (Phi) is 4.73. The molecule has 3 aromatic rings. The van der Waals surface area contributed by atoms with Gasteiger partial charge < -0.3 is 19.8 Å². The van der Waals surface area contributed by atoms with Gasteiger partial charge in [-0.25, -0.2) is 4.98 Å². The Hall–Kier alpha value is -3.16. The summed E-state index contributed by atoms with van der Waals surface area (Å²) in [6.07, 6.45) is -3.10. The minimum absolute atomic E-state index is 0.294. The zero-order valence-corrected chi connectivity index (χ0v) is 14.8. The minimum Gasteiger partial charge on any atom is -0.494 e. The van der Waals surface area contributed by atoms with Gasteiger partial charge >= 0.3 is 6.36 Å². The third-order valence-corrected chi connectivity index (χ3v) is 4.01. The summed E-state index contributed by atoms with van der Waals surface area (Å²) < 4.78 is 48.2. The lowest BCUT2D eigenvalue weighted by Gasteiger charge is -2.15. The van der Waals surface area contributed by atoms with Crippen molar-refractivity contribution in [3.05, 3.63) is 48.8 Å². The van der Waals surface area contributed by atoms with Crippen LogP contribution in [-0.2, 0) is 11.8 Å². The highest BCUT2D eigenvalue weighted by atomic mass is 19.4.